The molecule has 69 heavy (non-hydrogen) atoms. The predicted molar refractivity (Wildman–Crippen MR) is 286 cm³/mol. The highest BCUT2D eigenvalue weighted by molar-refractivity contribution is 6.01. The molecule has 14 rings (SSSR count). The van der Waals surface area contributed by atoms with Gasteiger partial charge in [0.1, 0.15) is 0 Å². The summed E-state index contributed by atoms with van der Waals surface area (Å²) in [5.41, 5.74) is 25.5. The molecule has 3 aliphatic carbocycles. The summed E-state index contributed by atoms with van der Waals surface area (Å²) in [6.07, 6.45) is 0. The van der Waals surface area contributed by atoms with Crippen molar-refractivity contribution in [3.8, 4) is 55.6 Å². The Morgan fingerprint density at radius 1 is 0.232 bits per heavy atom. The minimum absolute atomic E-state index is 0.427. The van der Waals surface area contributed by atoms with Crippen LogP contribution in [0.1, 0.15) is 44.5 Å². The highest BCUT2D eigenvalue weighted by Gasteiger charge is 2.52. The number of nitrogens with zero attached hydrogens (tertiary/aromatic N) is 1. The third-order valence-corrected chi connectivity index (χ3v) is 15.4. The van der Waals surface area contributed by atoms with Gasteiger partial charge < -0.3 is 4.90 Å². The Balaban J connectivity index is 0.937. The lowest BCUT2D eigenvalue weighted by Gasteiger charge is -2.33. The second-order valence-corrected chi connectivity index (χ2v) is 18.7. The molecule has 322 valence electrons. The smallest absolute Gasteiger partial charge is 0.0726 e. The number of hydrogen-bond acceptors (Lipinski definition) is 1. The third-order valence-electron chi connectivity index (χ3n) is 15.4. The quantitative estimate of drug-likeness (QED) is 0.154. The molecule has 1 nitrogen and oxygen atoms in total. The largest absolute Gasteiger partial charge is 0.310 e. The van der Waals surface area contributed by atoms with Crippen LogP contribution in [0, 0.1) is 0 Å². The molecule has 0 unspecified atom stereocenters. The Kier molecular flexibility index (Phi) is 8.78. The lowest BCUT2D eigenvalue weighted by atomic mass is 9.67. The summed E-state index contributed by atoms with van der Waals surface area (Å²) < 4.78 is 0. The molecule has 0 atom stereocenters. The molecule has 0 fully saturated rings. The van der Waals surface area contributed by atoms with Gasteiger partial charge in [0.25, 0.3) is 0 Å². The first-order valence-corrected chi connectivity index (χ1v) is 24.1. The van der Waals surface area contributed by atoms with Gasteiger partial charge in [0, 0.05) is 16.9 Å². The van der Waals surface area contributed by atoms with Gasteiger partial charge in [-0.25, -0.2) is 0 Å². The van der Waals surface area contributed by atoms with E-state index in [4.69, 9.17) is 0 Å². The standard InChI is InChI=1S/C68H45N/c1-4-19-46(20-5-1)47-35-40-52(41-36-47)69(65-34-18-33-64-66(65)57-28-13-17-32-62(57)68(64)60-30-15-10-25-54(60)55-26-11-16-31-61(55)68)53-42-37-48(38-43-53)49-39-44-63-58(45-49)56-27-12-14-29-59(56)67(63,50-21-6-2-7-22-50)51-23-8-3-9-24-51/h1-45H. The normalized spacial score (nSPS) is 13.7. The Morgan fingerprint density at radius 2 is 0.609 bits per heavy atom. The average molecular weight is 876 g/mol. The van der Waals surface area contributed by atoms with Gasteiger partial charge in [-0.3, -0.25) is 0 Å². The molecular weight excluding hydrogens is 831 g/mol. The molecule has 0 aliphatic heterocycles. The fraction of sp³-hybridized carbons (Fsp3) is 0.0294. The molecule has 0 heterocycles. The highest BCUT2D eigenvalue weighted by atomic mass is 15.1. The molecule has 11 aromatic rings. The molecule has 1 spiro atoms. The molecule has 0 N–H and O–H groups in total. The zero-order valence-electron chi connectivity index (χ0n) is 37.9. The Labute approximate surface area is 403 Å². The average Bonchev–Trinajstić information content (AvgIpc) is 4.03. The van der Waals surface area contributed by atoms with E-state index in [0.717, 1.165) is 17.1 Å². The molecule has 0 saturated heterocycles. The molecule has 0 saturated carbocycles. The van der Waals surface area contributed by atoms with Crippen molar-refractivity contribution < 1.29 is 0 Å². The van der Waals surface area contributed by atoms with Gasteiger partial charge >= 0.3 is 0 Å². The van der Waals surface area contributed by atoms with E-state index < -0.39 is 10.8 Å². The maximum Gasteiger partial charge on any atom is 0.0726 e. The number of benzene rings is 11. The predicted octanol–water partition coefficient (Wildman–Crippen LogP) is 17.2. The van der Waals surface area contributed by atoms with Crippen LogP contribution < -0.4 is 4.90 Å². The summed E-state index contributed by atoms with van der Waals surface area (Å²) in [7, 11) is 0. The van der Waals surface area contributed by atoms with Gasteiger partial charge in [0.15, 0.2) is 0 Å². The van der Waals surface area contributed by atoms with Crippen molar-refractivity contribution in [3.05, 3.63) is 317 Å². The summed E-state index contributed by atoms with van der Waals surface area (Å²) in [6.45, 7) is 0. The fourth-order valence-electron chi connectivity index (χ4n) is 12.6. The molecule has 0 bridgehead atoms. The second-order valence-electron chi connectivity index (χ2n) is 18.7. The summed E-state index contributed by atoms with van der Waals surface area (Å²) >= 11 is 0. The van der Waals surface area contributed by atoms with Gasteiger partial charge in [-0.1, -0.05) is 237 Å². The van der Waals surface area contributed by atoms with Gasteiger partial charge in [0.2, 0.25) is 0 Å². The van der Waals surface area contributed by atoms with E-state index in [2.05, 4.69) is 278 Å². The molecule has 0 radical (unpaired) electrons. The highest BCUT2D eigenvalue weighted by Crippen LogP contribution is 2.65. The summed E-state index contributed by atoms with van der Waals surface area (Å²) in [5, 5.41) is 0. The lowest BCUT2D eigenvalue weighted by Crippen LogP contribution is -2.28. The topological polar surface area (TPSA) is 3.24 Å². The second kappa shape index (κ2) is 15.4. The zero-order valence-corrected chi connectivity index (χ0v) is 37.9. The third kappa shape index (κ3) is 5.59. The number of fused-ring (bicyclic) bond motifs is 13. The van der Waals surface area contributed by atoms with Crippen LogP contribution >= 0.6 is 0 Å². The van der Waals surface area contributed by atoms with E-state index in [1.807, 2.05) is 0 Å². The van der Waals surface area contributed by atoms with Crippen LogP contribution in [0.3, 0.4) is 0 Å². The Hall–Kier alpha value is -8.78. The first-order valence-electron chi connectivity index (χ1n) is 24.1. The molecule has 11 aromatic carbocycles. The summed E-state index contributed by atoms with van der Waals surface area (Å²) in [4.78, 5) is 2.48. The van der Waals surface area contributed by atoms with Gasteiger partial charge in [-0.2, -0.15) is 0 Å². The van der Waals surface area contributed by atoms with Crippen molar-refractivity contribution in [2.75, 3.05) is 4.90 Å². The van der Waals surface area contributed by atoms with E-state index in [9.17, 15) is 0 Å². The number of hydrogen-bond donors (Lipinski definition) is 0. The van der Waals surface area contributed by atoms with Crippen LogP contribution in [0.4, 0.5) is 17.1 Å². The maximum absolute atomic E-state index is 2.48. The molecule has 3 aliphatic rings. The van der Waals surface area contributed by atoms with Crippen LogP contribution in [-0.4, -0.2) is 0 Å². The number of rotatable bonds is 7. The zero-order chi connectivity index (χ0) is 45.5. The van der Waals surface area contributed by atoms with Crippen LogP contribution in [-0.2, 0) is 10.8 Å². The van der Waals surface area contributed by atoms with Crippen LogP contribution in [0.25, 0.3) is 55.6 Å². The molecule has 0 amide bonds. The molecular formula is C68H45N. The minimum atomic E-state index is -0.438. The fourth-order valence-corrected chi connectivity index (χ4v) is 12.6. The van der Waals surface area contributed by atoms with E-state index in [1.165, 1.54) is 100 Å². The van der Waals surface area contributed by atoms with E-state index >= 15 is 0 Å². The van der Waals surface area contributed by atoms with Crippen molar-refractivity contribution in [1.82, 2.24) is 0 Å². The van der Waals surface area contributed by atoms with Crippen molar-refractivity contribution in [1.29, 1.82) is 0 Å². The first-order chi connectivity index (χ1) is 34.2. The maximum atomic E-state index is 2.48. The van der Waals surface area contributed by atoms with Crippen molar-refractivity contribution in [2.45, 2.75) is 10.8 Å². The Bertz CT molecular complexity index is 3670. The van der Waals surface area contributed by atoms with Crippen LogP contribution in [0.2, 0.25) is 0 Å². The van der Waals surface area contributed by atoms with Crippen LogP contribution in [0.15, 0.2) is 273 Å². The van der Waals surface area contributed by atoms with E-state index in [0.29, 0.717) is 0 Å². The minimum Gasteiger partial charge on any atom is -0.310 e. The van der Waals surface area contributed by atoms with Crippen molar-refractivity contribution in [2.24, 2.45) is 0 Å². The monoisotopic (exact) mass is 875 g/mol. The first kappa shape index (κ1) is 39.4. The van der Waals surface area contributed by atoms with E-state index in [-0.39, 0.29) is 0 Å². The van der Waals surface area contributed by atoms with E-state index in [1.54, 1.807) is 0 Å². The summed E-state index contributed by atoms with van der Waals surface area (Å²) in [5.74, 6) is 0. The summed E-state index contributed by atoms with van der Waals surface area (Å²) in [6, 6.07) is 101. The van der Waals surface area contributed by atoms with Crippen molar-refractivity contribution in [3.63, 3.8) is 0 Å². The van der Waals surface area contributed by atoms with Gasteiger partial charge in [-0.05, 0) is 131 Å². The lowest BCUT2D eigenvalue weighted by molar-refractivity contribution is 0.768. The van der Waals surface area contributed by atoms with Gasteiger partial charge in [0.05, 0.1) is 16.5 Å². The molecule has 1 heteroatoms. The molecule has 0 aromatic heterocycles. The number of anilines is 3. The van der Waals surface area contributed by atoms with Crippen molar-refractivity contribution >= 4 is 17.1 Å². The Morgan fingerprint density at radius 3 is 1.16 bits per heavy atom. The SMILES string of the molecule is c1ccc(-c2ccc(N(c3ccc(-c4ccc5c(c4)-c4ccccc4C5(c4ccccc4)c4ccccc4)cc3)c3cccc4c3-c3ccccc3C43c4ccccc4-c4ccccc43)cc2)cc1. The van der Waals surface area contributed by atoms with Crippen LogP contribution in [0.5, 0.6) is 0 Å². The van der Waals surface area contributed by atoms with Gasteiger partial charge in [-0.15, -0.1) is 0 Å².